The minimum absolute atomic E-state index is 0.753. The molecule has 3 rings (SSSR count). The van der Waals surface area contributed by atoms with Gasteiger partial charge in [-0.3, -0.25) is 0 Å². The van der Waals surface area contributed by atoms with Gasteiger partial charge in [-0.05, 0) is 55.2 Å². The molecule has 1 aromatic carbocycles. The molecule has 1 heterocycles. The summed E-state index contributed by atoms with van der Waals surface area (Å²) in [6.45, 7) is 7.56. The highest BCUT2D eigenvalue weighted by molar-refractivity contribution is 5.57. The molecule has 2 aromatic rings. The van der Waals surface area contributed by atoms with E-state index in [9.17, 15) is 0 Å². The molecule has 0 spiro atoms. The zero-order chi connectivity index (χ0) is 27.5. The summed E-state index contributed by atoms with van der Waals surface area (Å²) in [5, 5.41) is 0. The molecule has 0 bridgehead atoms. The molecule has 218 valence electrons. The van der Waals surface area contributed by atoms with Crippen LogP contribution in [0.25, 0.3) is 11.4 Å². The molecule has 0 radical (unpaired) electrons. The molecule has 1 saturated carbocycles. The molecule has 0 aliphatic heterocycles. The maximum absolute atomic E-state index is 5.86. The van der Waals surface area contributed by atoms with E-state index in [0.717, 1.165) is 42.0 Å². The summed E-state index contributed by atoms with van der Waals surface area (Å²) in [6.07, 6.45) is 31.2. The van der Waals surface area contributed by atoms with E-state index in [4.69, 9.17) is 4.74 Å². The van der Waals surface area contributed by atoms with Crippen LogP contribution in [0, 0.1) is 18.8 Å². The smallest absolute Gasteiger partial charge is 0.159 e. The van der Waals surface area contributed by atoms with Gasteiger partial charge in [0.25, 0.3) is 0 Å². The normalized spacial score (nSPS) is 17.4. The third-order valence-corrected chi connectivity index (χ3v) is 9.00. The van der Waals surface area contributed by atoms with Gasteiger partial charge in [0.2, 0.25) is 0 Å². The van der Waals surface area contributed by atoms with Crippen LogP contribution in [-0.4, -0.2) is 16.6 Å². The van der Waals surface area contributed by atoms with Crippen LogP contribution in [-0.2, 0) is 6.42 Å². The summed E-state index contributed by atoms with van der Waals surface area (Å²) in [5.74, 6) is 3.49. The molecule has 3 heteroatoms. The van der Waals surface area contributed by atoms with Crippen LogP contribution in [0.5, 0.6) is 5.75 Å². The largest absolute Gasteiger partial charge is 0.490 e. The van der Waals surface area contributed by atoms with Gasteiger partial charge in [-0.2, -0.15) is 0 Å². The molecule has 1 aliphatic rings. The monoisotopic (exact) mass is 534 g/mol. The van der Waals surface area contributed by atoms with Crippen LogP contribution < -0.4 is 4.74 Å². The van der Waals surface area contributed by atoms with Crippen molar-refractivity contribution in [3.63, 3.8) is 0 Å². The lowest BCUT2D eigenvalue weighted by molar-refractivity contribution is 0.248. The molecule has 0 unspecified atom stereocenters. The van der Waals surface area contributed by atoms with Crippen molar-refractivity contribution in [2.75, 3.05) is 6.61 Å². The molecule has 1 aliphatic carbocycles. The van der Waals surface area contributed by atoms with Crippen LogP contribution in [0.3, 0.4) is 0 Å². The lowest BCUT2D eigenvalue weighted by atomic mass is 9.77. The fraction of sp³-hybridized carbons (Fsp3) is 0.722. The number of aryl methyl sites for hydroxylation is 2. The Hall–Kier alpha value is -1.90. The van der Waals surface area contributed by atoms with Crippen molar-refractivity contribution in [3.05, 3.63) is 41.7 Å². The summed E-state index contributed by atoms with van der Waals surface area (Å²) in [4.78, 5) is 9.19. The van der Waals surface area contributed by atoms with Gasteiger partial charge in [-0.15, -0.1) is 0 Å². The predicted octanol–water partition coefficient (Wildman–Crippen LogP) is 11.1. The number of hydrogen-bond donors (Lipinski definition) is 0. The van der Waals surface area contributed by atoms with Gasteiger partial charge in [0, 0.05) is 5.56 Å². The maximum atomic E-state index is 5.86. The Kier molecular flexibility index (Phi) is 15.6. The van der Waals surface area contributed by atoms with Gasteiger partial charge >= 0.3 is 0 Å². The average Bonchev–Trinajstić information content (AvgIpc) is 2.96. The van der Waals surface area contributed by atoms with Crippen LogP contribution >= 0.6 is 0 Å². The topological polar surface area (TPSA) is 35.0 Å². The highest BCUT2D eigenvalue weighted by Gasteiger charge is 2.21. The van der Waals surface area contributed by atoms with Crippen LogP contribution in [0.1, 0.15) is 147 Å². The van der Waals surface area contributed by atoms with Crippen LogP contribution in [0.2, 0.25) is 0 Å². The van der Waals surface area contributed by atoms with E-state index in [1.165, 1.54) is 133 Å². The predicted molar refractivity (Wildman–Crippen MR) is 167 cm³/mol. The van der Waals surface area contributed by atoms with Crippen molar-refractivity contribution < 1.29 is 4.74 Å². The van der Waals surface area contributed by atoms with Crippen LogP contribution in [0.4, 0.5) is 0 Å². The van der Waals surface area contributed by atoms with E-state index < -0.39 is 0 Å². The zero-order valence-electron chi connectivity index (χ0n) is 25.7. The summed E-state index contributed by atoms with van der Waals surface area (Å²) in [7, 11) is 0. The summed E-state index contributed by atoms with van der Waals surface area (Å²) >= 11 is 0. The number of hydrogen-bond acceptors (Lipinski definition) is 3. The van der Waals surface area contributed by atoms with Crippen molar-refractivity contribution in [1.29, 1.82) is 0 Å². The van der Waals surface area contributed by atoms with E-state index >= 15 is 0 Å². The van der Waals surface area contributed by atoms with Gasteiger partial charge in [0.1, 0.15) is 0 Å². The number of ether oxygens (including phenoxy) is 1. The van der Waals surface area contributed by atoms with Gasteiger partial charge in [0.15, 0.2) is 11.6 Å². The highest BCUT2D eigenvalue weighted by Crippen LogP contribution is 2.35. The third-order valence-electron chi connectivity index (χ3n) is 9.00. The van der Waals surface area contributed by atoms with Crippen molar-refractivity contribution in [3.8, 4) is 17.1 Å². The Morgan fingerprint density at radius 1 is 0.692 bits per heavy atom. The standard InChI is InChI=1S/C36H58N2O/c1-4-6-8-10-12-13-15-17-31-18-20-32(21-19-31)22-23-33-24-25-34(27-30(33)3)36-37-28-35(29-38-36)39-26-16-14-11-9-7-5-2/h24-25,27-29,31-32H,4-23,26H2,1-3H3. The fourth-order valence-corrected chi connectivity index (χ4v) is 6.29. The first-order chi connectivity index (χ1) is 19.2. The fourth-order valence-electron chi connectivity index (χ4n) is 6.29. The molecule has 1 aromatic heterocycles. The second-order valence-electron chi connectivity index (χ2n) is 12.3. The number of aromatic nitrogens is 2. The second-order valence-corrected chi connectivity index (χ2v) is 12.3. The Labute approximate surface area is 241 Å². The molecule has 0 saturated heterocycles. The molecule has 0 N–H and O–H groups in total. The van der Waals surface area contributed by atoms with E-state index in [1.54, 1.807) is 0 Å². The lowest BCUT2D eigenvalue weighted by Gasteiger charge is -2.28. The SMILES string of the molecule is CCCCCCCCCC1CCC(CCc2ccc(-c3ncc(OCCCCCCCC)cn3)cc2C)CC1. The first kappa shape index (κ1) is 31.6. The molecular formula is C36H58N2O. The maximum Gasteiger partial charge on any atom is 0.159 e. The quantitative estimate of drug-likeness (QED) is 0.158. The van der Waals surface area contributed by atoms with Gasteiger partial charge in [-0.25, -0.2) is 9.97 Å². The number of unbranched alkanes of at least 4 members (excludes halogenated alkanes) is 11. The molecule has 3 nitrogen and oxygen atoms in total. The van der Waals surface area contributed by atoms with Crippen molar-refractivity contribution in [2.45, 2.75) is 149 Å². The average molecular weight is 535 g/mol. The molecule has 39 heavy (non-hydrogen) atoms. The van der Waals surface area contributed by atoms with E-state index in [-0.39, 0.29) is 0 Å². The number of rotatable bonds is 20. The minimum Gasteiger partial charge on any atom is -0.490 e. The minimum atomic E-state index is 0.753. The third kappa shape index (κ3) is 12.4. The van der Waals surface area contributed by atoms with E-state index in [1.807, 2.05) is 12.4 Å². The van der Waals surface area contributed by atoms with Crippen molar-refractivity contribution in [1.82, 2.24) is 9.97 Å². The first-order valence-electron chi connectivity index (χ1n) is 16.7. The highest BCUT2D eigenvalue weighted by atomic mass is 16.5. The van der Waals surface area contributed by atoms with E-state index in [2.05, 4.69) is 48.9 Å². The zero-order valence-corrected chi connectivity index (χ0v) is 25.7. The summed E-state index contributed by atoms with van der Waals surface area (Å²) in [6, 6.07) is 6.78. The Morgan fingerprint density at radius 2 is 1.26 bits per heavy atom. The van der Waals surface area contributed by atoms with Crippen molar-refractivity contribution in [2.24, 2.45) is 11.8 Å². The Morgan fingerprint density at radius 3 is 1.87 bits per heavy atom. The second kappa shape index (κ2) is 19.2. The van der Waals surface area contributed by atoms with Gasteiger partial charge < -0.3 is 4.74 Å². The van der Waals surface area contributed by atoms with Gasteiger partial charge in [0.05, 0.1) is 19.0 Å². The summed E-state index contributed by atoms with van der Waals surface area (Å²) in [5.41, 5.74) is 3.96. The van der Waals surface area contributed by atoms with E-state index in [0.29, 0.717) is 0 Å². The van der Waals surface area contributed by atoms with Gasteiger partial charge in [-0.1, -0.05) is 135 Å². The first-order valence-corrected chi connectivity index (χ1v) is 16.7. The Bertz CT molecular complexity index is 885. The molecule has 0 atom stereocenters. The summed E-state index contributed by atoms with van der Waals surface area (Å²) < 4.78 is 5.86. The molecule has 1 fully saturated rings. The molecular weight excluding hydrogens is 476 g/mol. The van der Waals surface area contributed by atoms with Crippen molar-refractivity contribution >= 4 is 0 Å². The Balaban J connectivity index is 1.32. The number of nitrogens with zero attached hydrogens (tertiary/aromatic N) is 2. The van der Waals surface area contributed by atoms with Crippen LogP contribution in [0.15, 0.2) is 30.6 Å². The lowest BCUT2D eigenvalue weighted by Crippen LogP contribution is -2.15. The molecule has 0 amide bonds. The number of benzene rings is 1.